The molecule has 102 valence electrons. The van der Waals surface area contributed by atoms with Crippen LogP contribution in [0.4, 0.5) is 5.82 Å². The molecule has 4 heteroatoms. The maximum absolute atomic E-state index is 5.57. The summed E-state index contributed by atoms with van der Waals surface area (Å²) in [5, 5.41) is 3.37. The van der Waals surface area contributed by atoms with Gasteiger partial charge in [-0.25, -0.2) is 4.98 Å². The maximum atomic E-state index is 5.57. The fourth-order valence-corrected chi connectivity index (χ4v) is 2.41. The standard InChI is InChI=1S/C16H17N3O/c1-10-8-13(12(3)20-10)11(2)18-16-9-17-14-6-4-5-7-15(14)19-16/h4-9,11H,1-3H3,(H,18,19). The van der Waals surface area contributed by atoms with Gasteiger partial charge in [-0.2, -0.15) is 0 Å². The topological polar surface area (TPSA) is 51.0 Å². The molecule has 0 aliphatic rings. The Morgan fingerprint density at radius 1 is 1.15 bits per heavy atom. The molecule has 4 nitrogen and oxygen atoms in total. The van der Waals surface area contributed by atoms with Gasteiger partial charge in [-0.05, 0) is 39.0 Å². The van der Waals surface area contributed by atoms with Crippen LogP contribution in [0.1, 0.15) is 30.0 Å². The lowest BCUT2D eigenvalue weighted by molar-refractivity contribution is 0.500. The van der Waals surface area contributed by atoms with E-state index in [1.54, 1.807) is 6.20 Å². The molecule has 1 atom stereocenters. The number of furan rings is 1. The molecule has 0 bridgehead atoms. The third-order valence-electron chi connectivity index (χ3n) is 3.36. The second-order valence-corrected chi connectivity index (χ2v) is 4.98. The van der Waals surface area contributed by atoms with Crippen molar-refractivity contribution in [1.82, 2.24) is 9.97 Å². The highest BCUT2D eigenvalue weighted by molar-refractivity contribution is 5.75. The second-order valence-electron chi connectivity index (χ2n) is 4.98. The van der Waals surface area contributed by atoms with Crippen LogP contribution in [0.15, 0.2) is 40.9 Å². The number of fused-ring (bicyclic) bond motifs is 1. The molecular formula is C16H17N3O. The van der Waals surface area contributed by atoms with Crippen LogP contribution >= 0.6 is 0 Å². The molecule has 0 amide bonds. The monoisotopic (exact) mass is 267 g/mol. The molecule has 3 aromatic rings. The van der Waals surface area contributed by atoms with Crippen molar-refractivity contribution >= 4 is 16.9 Å². The fraction of sp³-hybridized carbons (Fsp3) is 0.250. The highest BCUT2D eigenvalue weighted by Gasteiger charge is 2.13. The molecule has 0 saturated carbocycles. The van der Waals surface area contributed by atoms with Gasteiger partial charge >= 0.3 is 0 Å². The summed E-state index contributed by atoms with van der Waals surface area (Å²) < 4.78 is 5.57. The number of hydrogen-bond acceptors (Lipinski definition) is 4. The van der Waals surface area contributed by atoms with Crippen LogP contribution in [-0.4, -0.2) is 9.97 Å². The zero-order valence-electron chi connectivity index (χ0n) is 11.8. The number of aromatic nitrogens is 2. The first-order valence-electron chi connectivity index (χ1n) is 6.69. The van der Waals surface area contributed by atoms with Crippen LogP contribution in [0.25, 0.3) is 11.0 Å². The molecule has 2 heterocycles. The number of anilines is 1. The predicted molar refractivity (Wildman–Crippen MR) is 79.8 cm³/mol. The van der Waals surface area contributed by atoms with Gasteiger partial charge in [-0.15, -0.1) is 0 Å². The maximum Gasteiger partial charge on any atom is 0.145 e. The lowest BCUT2D eigenvalue weighted by Gasteiger charge is -2.13. The van der Waals surface area contributed by atoms with Crippen molar-refractivity contribution < 1.29 is 4.42 Å². The zero-order chi connectivity index (χ0) is 14.1. The third-order valence-corrected chi connectivity index (χ3v) is 3.36. The first kappa shape index (κ1) is 12.7. The molecule has 3 rings (SSSR count). The first-order valence-corrected chi connectivity index (χ1v) is 6.69. The SMILES string of the molecule is Cc1cc(C(C)Nc2cnc3ccccc3n2)c(C)o1. The summed E-state index contributed by atoms with van der Waals surface area (Å²) in [5.74, 6) is 2.64. The number of hydrogen-bond donors (Lipinski definition) is 1. The van der Waals surface area contributed by atoms with Crippen molar-refractivity contribution in [3.05, 3.63) is 53.6 Å². The Balaban J connectivity index is 1.87. The van der Waals surface area contributed by atoms with Gasteiger partial charge < -0.3 is 9.73 Å². The first-order chi connectivity index (χ1) is 9.63. The van der Waals surface area contributed by atoms with Gasteiger partial charge in [0.2, 0.25) is 0 Å². The Bertz CT molecular complexity index is 748. The van der Waals surface area contributed by atoms with E-state index in [1.807, 2.05) is 38.1 Å². The molecule has 20 heavy (non-hydrogen) atoms. The lowest BCUT2D eigenvalue weighted by atomic mass is 10.1. The molecule has 0 radical (unpaired) electrons. The van der Waals surface area contributed by atoms with E-state index in [-0.39, 0.29) is 6.04 Å². The summed E-state index contributed by atoms with van der Waals surface area (Å²) in [6.45, 7) is 6.03. The Kier molecular flexibility index (Phi) is 3.14. The van der Waals surface area contributed by atoms with Crippen molar-refractivity contribution in [2.24, 2.45) is 0 Å². The number of benzene rings is 1. The molecule has 0 aliphatic carbocycles. The average molecular weight is 267 g/mol. The van der Waals surface area contributed by atoms with Crippen LogP contribution in [0.2, 0.25) is 0 Å². The molecular weight excluding hydrogens is 250 g/mol. The number of aryl methyl sites for hydroxylation is 2. The van der Waals surface area contributed by atoms with Gasteiger partial charge in [0.15, 0.2) is 0 Å². The molecule has 2 aromatic heterocycles. The zero-order valence-corrected chi connectivity index (χ0v) is 11.8. The molecule has 1 aromatic carbocycles. The van der Waals surface area contributed by atoms with Crippen molar-refractivity contribution in [3.63, 3.8) is 0 Å². The van der Waals surface area contributed by atoms with E-state index in [0.29, 0.717) is 0 Å². The highest BCUT2D eigenvalue weighted by atomic mass is 16.3. The van der Waals surface area contributed by atoms with E-state index >= 15 is 0 Å². The van der Waals surface area contributed by atoms with E-state index in [0.717, 1.165) is 33.9 Å². The Morgan fingerprint density at radius 2 is 1.90 bits per heavy atom. The highest BCUT2D eigenvalue weighted by Crippen LogP contribution is 2.24. The quantitative estimate of drug-likeness (QED) is 0.779. The van der Waals surface area contributed by atoms with Crippen LogP contribution in [0, 0.1) is 13.8 Å². The van der Waals surface area contributed by atoms with Gasteiger partial charge in [0.05, 0.1) is 23.3 Å². The van der Waals surface area contributed by atoms with Crippen molar-refractivity contribution in [3.8, 4) is 0 Å². The third kappa shape index (κ3) is 2.37. The summed E-state index contributed by atoms with van der Waals surface area (Å²) >= 11 is 0. The minimum Gasteiger partial charge on any atom is -0.466 e. The normalized spacial score (nSPS) is 12.6. The number of rotatable bonds is 3. The van der Waals surface area contributed by atoms with E-state index in [1.165, 1.54) is 0 Å². The van der Waals surface area contributed by atoms with E-state index in [4.69, 9.17) is 4.42 Å². The van der Waals surface area contributed by atoms with Gasteiger partial charge in [0.25, 0.3) is 0 Å². The fourth-order valence-electron chi connectivity index (χ4n) is 2.41. The number of nitrogens with one attached hydrogen (secondary N) is 1. The number of para-hydroxylation sites is 2. The second kappa shape index (κ2) is 4.96. The summed E-state index contributed by atoms with van der Waals surface area (Å²) in [7, 11) is 0. The molecule has 0 saturated heterocycles. The summed E-state index contributed by atoms with van der Waals surface area (Å²) in [5.41, 5.74) is 2.95. The van der Waals surface area contributed by atoms with E-state index in [2.05, 4.69) is 28.3 Å². The Hall–Kier alpha value is -2.36. The Labute approximate surface area is 117 Å². The van der Waals surface area contributed by atoms with Crippen LogP contribution < -0.4 is 5.32 Å². The largest absolute Gasteiger partial charge is 0.466 e. The average Bonchev–Trinajstić information content (AvgIpc) is 2.78. The summed E-state index contributed by atoms with van der Waals surface area (Å²) in [6.07, 6.45) is 1.76. The summed E-state index contributed by atoms with van der Waals surface area (Å²) in [4.78, 5) is 8.98. The van der Waals surface area contributed by atoms with Crippen LogP contribution in [0.5, 0.6) is 0 Å². The van der Waals surface area contributed by atoms with Crippen molar-refractivity contribution in [2.75, 3.05) is 5.32 Å². The molecule has 0 spiro atoms. The molecule has 1 unspecified atom stereocenters. The van der Waals surface area contributed by atoms with E-state index < -0.39 is 0 Å². The minimum absolute atomic E-state index is 0.128. The smallest absolute Gasteiger partial charge is 0.145 e. The molecule has 1 N–H and O–H groups in total. The lowest BCUT2D eigenvalue weighted by Crippen LogP contribution is -2.08. The Morgan fingerprint density at radius 3 is 2.60 bits per heavy atom. The molecule has 0 aliphatic heterocycles. The summed E-state index contributed by atoms with van der Waals surface area (Å²) in [6, 6.07) is 10.0. The predicted octanol–water partition coefficient (Wildman–Crippen LogP) is 4.01. The van der Waals surface area contributed by atoms with E-state index in [9.17, 15) is 0 Å². The number of nitrogens with zero attached hydrogens (tertiary/aromatic N) is 2. The minimum atomic E-state index is 0.128. The molecule has 0 fully saturated rings. The van der Waals surface area contributed by atoms with Crippen molar-refractivity contribution in [1.29, 1.82) is 0 Å². The van der Waals surface area contributed by atoms with Crippen LogP contribution in [0.3, 0.4) is 0 Å². The van der Waals surface area contributed by atoms with Gasteiger partial charge in [0.1, 0.15) is 17.3 Å². The van der Waals surface area contributed by atoms with Gasteiger partial charge in [-0.3, -0.25) is 4.98 Å². The van der Waals surface area contributed by atoms with Crippen LogP contribution in [-0.2, 0) is 0 Å². The van der Waals surface area contributed by atoms with Crippen molar-refractivity contribution in [2.45, 2.75) is 26.8 Å². The van der Waals surface area contributed by atoms with Gasteiger partial charge in [-0.1, -0.05) is 12.1 Å². The van der Waals surface area contributed by atoms with Gasteiger partial charge in [0, 0.05) is 5.56 Å².